The molecule has 2 amide bonds. The molecule has 0 aliphatic carbocycles. The summed E-state index contributed by atoms with van der Waals surface area (Å²) in [5.41, 5.74) is 3.28. The third-order valence-electron chi connectivity index (χ3n) is 6.35. The number of hydrogen-bond acceptors (Lipinski definition) is 3. The number of amides is 2. The number of rotatable bonds is 7. The van der Waals surface area contributed by atoms with Gasteiger partial charge in [0.05, 0.1) is 5.41 Å². The third-order valence-corrected chi connectivity index (χ3v) is 6.35. The molecule has 1 saturated heterocycles. The van der Waals surface area contributed by atoms with Crippen LogP contribution in [0.2, 0.25) is 0 Å². The predicted molar refractivity (Wildman–Crippen MR) is 131 cm³/mol. The fourth-order valence-electron chi connectivity index (χ4n) is 4.56. The standard InChI is InChI=1S/C28H31N3O2/c1-21(2)19-30-27(33)28(14-17-31(20-28)26(32)23-8-4-3-5-9-23)18-24-10-6-7-11-25(24)22-12-15-29-16-13-22/h3-13,15-16,21H,14,17-20H2,1-2H3,(H,30,33)/t28-/m0/s1. The SMILES string of the molecule is CC(C)CNC(=O)[C@]1(Cc2ccccc2-c2ccncc2)CCN(C(=O)c2ccccc2)C1. The van der Waals surface area contributed by atoms with Gasteiger partial charge >= 0.3 is 0 Å². The van der Waals surface area contributed by atoms with Gasteiger partial charge in [0.2, 0.25) is 5.91 Å². The highest BCUT2D eigenvalue weighted by molar-refractivity contribution is 5.95. The predicted octanol–water partition coefficient (Wildman–Crippen LogP) is 4.60. The molecule has 4 rings (SSSR count). The molecule has 0 bridgehead atoms. The molecule has 5 heteroatoms. The molecule has 33 heavy (non-hydrogen) atoms. The minimum atomic E-state index is -0.664. The van der Waals surface area contributed by atoms with E-state index in [2.05, 4.69) is 36.3 Å². The van der Waals surface area contributed by atoms with E-state index >= 15 is 0 Å². The van der Waals surface area contributed by atoms with Gasteiger partial charge in [-0.1, -0.05) is 56.3 Å². The number of pyridine rings is 1. The zero-order valence-corrected chi connectivity index (χ0v) is 19.3. The van der Waals surface area contributed by atoms with Crippen molar-refractivity contribution in [3.63, 3.8) is 0 Å². The van der Waals surface area contributed by atoms with E-state index in [0.29, 0.717) is 44.0 Å². The molecule has 1 aliphatic heterocycles. The summed E-state index contributed by atoms with van der Waals surface area (Å²) in [4.78, 5) is 32.7. The smallest absolute Gasteiger partial charge is 0.253 e. The second-order valence-electron chi connectivity index (χ2n) is 9.30. The Hall–Kier alpha value is -3.47. The highest BCUT2D eigenvalue weighted by Crippen LogP contribution is 2.38. The van der Waals surface area contributed by atoms with Crippen LogP contribution in [0.3, 0.4) is 0 Å². The first-order valence-corrected chi connectivity index (χ1v) is 11.6. The zero-order chi connectivity index (χ0) is 23.3. The van der Waals surface area contributed by atoms with Gasteiger partial charge in [0.25, 0.3) is 5.91 Å². The van der Waals surface area contributed by atoms with Crippen LogP contribution in [-0.2, 0) is 11.2 Å². The van der Waals surface area contributed by atoms with E-state index in [1.54, 1.807) is 12.4 Å². The molecule has 1 aromatic heterocycles. The van der Waals surface area contributed by atoms with Crippen molar-refractivity contribution in [2.75, 3.05) is 19.6 Å². The van der Waals surface area contributed by atoms with Crippen LogP contribution >= 0.6 is 0 Å². The third kappa shape index (κ3) is 5.14. The molecule has 1 atom stereocenters. The van der Waals surface area contributed by atoms with Crippen molar-refractivity contribution in [3.8, 4) is 11.1 Å². The van der Waals surface area contributed by atoms with E-state index in [9.17, 15) is 9.59 Å². The lowest BCUT2D eigenvalue weighted by atomic mass is 9.78. The summed E-state index contributed by atoms with van der Waals surface area (Å²) < 4.78 is 0. The summed E-state index contributed by atoms with van der Waals surface area (Å²) >= 11 is 0. The topological polar surface area (TPSA) is 62.3 Å². The molecule has 1 N–H and O–H groups in total. The molecule has 2 heterocycles. The van der Waals surface area contributed by atoms with Crippen molar-refractivity contribution >= 4 is 11.8 Å². The van der Waals surface area contributed by atoms with Gasteiger partial charge in [0.15, 0.2) is 0 Å². The van der Waals surface area contributed by atoms with Gasteiger partial charge < -0.3 is 10.2 Å². The second-order valence-corrected chi connectivity index (χ2v) is 9.30. The fraction of sp³-hybridized carbons (Fsp3) is 0.321. The van der Waals surface area contributed by atoms with Gasteiger partial charge in [-0.2, -0.15) is 0 Å². The molecular weight excluding hydrogens is 410 g/mol. The molecule has 0 saturated carbocycles. The van der Waals surface area contributed by atoms with E-state index in [-0.39, 0.29) is 11.8 Å². The van der Waals surface area contributed by atoms with Crippen LogP contribution in [0, 0.1) is 11.3 Å². The monoisotopic (exact) mass is 441 g/mol. The number of nitrogens with one attached hydrogen (secondary N) is 1. The maximum absolute atomic E-state index is 13.6. The van der Waals surface area contributed by atoms with Crippen LogP contribution in [-0.4, -0.2) is 41.3 Å². The van der Waals surface area contributed by atoms with E-state index in [1.807, 2.05) is 59.5 Å². The number of hydrogen-bond donors (Lipinski definition) is 1. The fourth-order valence-corrected chi connectivity index (χ4v) is 4.56. The highest BCUT2D eigenvalue weighted by Gasteiger charge is 2.46. The van der Waals surface area contributed by atoms with Crippen LogP contribution < -0.4 is 5.32 Å². The molecule has 170 valence electrons. The largest absolute Gasteiger partial charge is 0.355 e. The molecular formula is C28H31N3O2. The number of aromatic nitrogens is 1. The van der Waals surface area contributed by atoms with Gasteiger partial charge in [0.1, 0.15) is 0 Å². The summed E-state index contributed by atoms with van der Waals surface area (Å²) in [7, 11) is 0. The van der Waals surface area contributed by atoms with Gasteiger partial charge in [-0.25, -0.2) is 0 Å². The summed E-state index contributed by atoms with van der Waals surface area (Å²) in [6.45, 7) is 5.78. The van der Waals surface area contributed by atoms with E-state index in [1.165, 1.54) is 0 Å². The summed E-state index contributed by atoms with van der Waals surface area (Å²) in [6, 6.07) is 21.5. The molecule has 2 aromatic carbocycles. The number of carbonyl (C=O) groups is 2. The minimum Gasteiger partial charge on any atom is -0.355 e. The highest BCUT2D eigenvalue weighted by atomic mass is 16.2. The summed E-state index contributed by atoms with van der Waals surface area (Å²) in [5, 5.41) is 3.16. The van der Waals surface area contributed by atoms with Crippen molar-refractivity contribution in [1.82, 2.24) is 15.2 Å². The molecule has 1 fully saturated rings. The van der Waals surface area contributed by atoms with Gasteiger partial charge in [-0.3, -0.25) is 14.6 Å². The van der Waals surface area contributed by atoms with Crippen molar-refractivity contribution in [3.05, 3.63) is 90.3 Å². The minimum absolute atomic E-state index is 0.0171. The first kappa shape index (κ1) is 22.7. The second kappa shape index (κ2) is 9.99. The average molecular weight is 442 g/mol. The number of carbonyl (C=O) groups excluding carboxylic acids is 2. The Labute approximate surface area is 195 Å². The van der Waals surface area contributed by atoms with Crippen LogP contribution in [0.4, 0.5) is 0 Å². The average Bonchev–Trinajstić information content (AvgIpc) is 3.28. The Balaban J connectivity index is 1.65. The molecule has 5 nitrogen and oxygen atoms in total. The van der Waals surface area contributed by atoms with Crippen molar-refractivity contribution in [2.24, 2.45) is 11.3 Å². The maximum atomic E-state index is 13.6. The number of nitrogens with zero attached hydrogens (tertiary/aromatic N) is 2. The van der Waals surface area contributed by atoms with Crippen LogP contribution in [0.5, 0.6) is 0 Å². The summed E-state index contributed by atoms with van der Waals surface area (Å²) in [5.74, 6) is 0.374. The first-order valence-electron chi connectivity index (χ1n) is 11.6. The number of benzene rings is 2. The van der Waals surface area contributed by atoms with E-state index in [0.717, 1.165) is 16.7 Å². The van der Waals surface area contributed by atoms with Crippen molar-refractivity contribution in [1.29, 1.82) is 0 Å². The molecule has 0 radical (unpaired) electrons. The quantitative estimate of drug-likeness (QED) is 0.583. The Morgan fingerprint density at radius 3 is 2.42 bits per heavy atom. The van der Waals surface area contributed by atoms with Gasteiger partial charge in [-0.05, 0) is 59.7 Å². The lowest BCUT2D eigenvalue weighted by molar-refractivity contribution is -0.130. The van der Waals surface area contributed by atoms with Gasteiger partial charge in [0, 0.05) is 37.6 Å². The Bertz CT molecular complexity index is 1100. The Morgan fingerprint density at radius 1 is 1.00 bits per heavy atom. The molecule has 0 unspecified atom stereocenters. The lowest BCUT2D eigenvalue weighted by Gasteiger charge is -2.30. The molecule has 1 aliphatic rings. The van der Waals surface area contributed by atoms with Gasteiger partial charge in [-0.15, -0.1) is 0 Å². The lowest BCUT2D eigenvalue weighted by Crippen LogP contribution is -2.46. The van der Waals surface area contributed by atoms with E-state index in [4.69, 9.17) is 0 Å². The zero-order valence-electron chi connectivity index (χ0n) is 19.3. The van der Waals surface area contributed by atoms with Crippen molar-refractivity contribution in [2.45, 2.75) is 26.7 Å². The molecule has 3 aromatic rings. The van der Waals surface area contributed by atoms with E-state index < -0.39 is 5.41 Å². The summed E-state index contributed by atoms with van der Waals surface area (Å²) in [6.07, 6.45) is 4.79. The Morgan fingerprint density at radius 2 is 1.70 bits per heavy atom. The molecule has 0 spiro atoms. The maximum Gasteiger partial charge on any atom is 0.253 e. The van der Waals surface area contributed by atoms with Crippen LogP contribution in [0.1, 0.15) is 36.2 Å². The first-order chi connectivity index (χ1) is 16.0. The Kier molecular flexibility index (Phi) is 6.87. The normalized spacial score (nSPS) is 17.8. The number of likely N-dealkylation sites (tertiary alicyclic amines) is 1. The van der Waals surface area contributed by atoms with Crippen LogP contribution in [0.25, 0.3) is 11.1 Å². The van der Waals surface area contributed by atoms with Crippen molar-refractivity contribution < 1.29 is 9.59 Å². The van der Waals surface area contributed by atoms with Crippen LogP contribution in [0.15, 0.2) is 79.1 Å².